The Morgan fingerprint density at radius 2 is 2.29 bits per heavy atom. The molecule has 0 bridgehead atoms. The van der Waals surface area contributed by atoms with Crippen molar-refractivity contribution < 1.29 is 9.53 Å². The molecule has 0 spiro atoms. The van der Waals surface area contributed by atoms with Crippen molar-refractivity contribution in [1.82, 2.24) is 0 Å². The second-order valence-corrected chi connectivity index (χ2v) is 4.23. The van der Waals surface area contributed by atoms with Gasteiger partial charge in [0.05, 0.1) is 6.61 Å². The van der Waals surface area contributed by atoms with Gasteiger partial charge in [-0.05, 0) is 31.8 Å². The van der Waals surface area contributed by atoms with Crippen LogP contribution in [0.4, 0.5) is 0 Å². The fraction of sp³-hybridized carbons (Fsp3) is 0.727. The van der Waals surface area contributed by atoms with Gasteiger partial charge >= 0.3 is 0 Å². The monoisotopic (exact) mass is 195 g/mol. The molecule has 0 saturated heterocycles. The van der Waals surface area contributed by atoms with E-state index in [1.54, 1.807) is 0 Å². The van der Waals surface area contributed by atoms with E-state index in [4.69, 9.17) is 10.5 Å². The Bertz CT molecular complexity index is 261. The van der Waals surface area contributed by atoms with Crippen LogP contribution >= 0.6 is 0 Å². The molecule has 1 heterocycles. The van der Waals surface area contributed by atoms with Gasteiger partial charge in [0.2, 0.25) is 5.78 Å². The van der Waals surface area contributed by atoms with Crippen LogP contribution in [0.3, 0.4) is 0 Å². The molecule has 1 saturated carbocycles. The standard InChI is InChI=1S/C11H17NO2/c12-8-11(5-3-6-11)10(13)9-4-1-2-7-14-9/h4H,1-3,5-8,12H2. The van der Waals surface area contributed by atoms with E-state index in [-0.39, 0.29) is 11.2 Å². The molecular weight excluding hydrogens is 178 g/mol. The summed E-state index contributed by atoms with van der Waals surface area (Å²) in [7, 11) is 0. The minimum atomic E-state index is -0.275. The molecule has 1 aliphatic heterocycles. The van der Waals surface area contributed by atoms with E-state index >= 15 is 0 Å². The highest BCUT2D eigenvalue weighted by atomic mass is 16.5. The highest BCUT2D eigenvalue weighted by Crippen LogP contribution is 2.42. The van der Waals surface area contributed by atoms with Crippen molar-refractivity contribution in [1.29, 1.82) is 0 Å². The van der Waals surface area contributed by atoms with Crippen LogP contribution in [0.25, 0.3) is 0 Å². The lowest BCUT2D eigenvalue weighted by Gasteiger charge is -2.39. The van der Waals surface area contributed by atoms with Crippen LogP contribution in [0.5, 0.6) is 0 Å². The average molecular weight is 195 g/mol. The Morgan fingerprint density at radius 1 is 1.50 bits per heavy atom. The molecule has 0 aromatic rings. The number of ether oxygens (including phenoxy) is 1. The van der Waals surface area contributed by atoms with E-state index < -0.39 is 0 Å². The van der Waals surface area contributed by atoms with Gasteiger partial charge in [0, 0.05) is 12.0 Å². The molecular formula is C11H17NO2. The molecule has 14 heavy (non-hydrogen) atoms. The van der Waals surface area contributed by atoms with E-state index in [0.717, 1.165) is 32.1 Å². The summed E-state index contributed by atoms with van der Waals surface area (Å²) in [6.45, 7) is 1.14. The van der Waals surface area contributed by atoms with Gasteiger partial charge in [-0.15, -0.1) is 0 Å². The first-order valence-corrected chi connectivity index (χ1v) is 5.36. The van der Waals surface area contributed by atoms with E-state index in [1.807, 2.05) is 6.08 Å². The number of ketones is 1. The van der Waals surface area contributed by atoms with Crippen LogP contribution in [0.15, 0.2) is 11.8 Å². The Balaban J connectivity index is 2.09. The third-order valence-corrected chi connectivity index (χ3v) is 3.34. The predicted octanol–water partition coefficient (Wildman–Crippen LogP) is 1.38. The third-order valence-electron chi connectivity index (χ3n) is 3.34. The maximum absolute atomic E-state index is 12.1. The molecule has 0 aromatic carbocycles. The minimum Gasteiger partial charge on any atom is -0.490 e. The number of hydrogen-bond donors (Lipinski definition) is 1. The zero-order valence-corrected chi connectivity index (χ0v) is 8.42. The predicted molar refractivity (Wildman–Crippen MR) is 53.6 cm³/mol. The number of Topliss-reactive ketones (excluding diaryl/α,β-unsaturated/α-hetero) is 1. The van der Waals surface area contributed by atoms with Crippen LogP contribution in [-0.2, 0) is 9.53 Å². The van der Waals surface area contributed by atoms with Gasteiger partial charge in [0.25, 0.3) is 0 Å². The molecule has 0 amide bonds. The summed E-state index contributed by atoms with van der Waals surface area (Å²) in [4.78, 5) is 12.1. The number of nitrogens with two attached hydrogens (primary N) is 1. The Labute approximate surface area is 84.3 Å². The third kappa shape index (κ3) is 1.46. The fourth-order valence-electron chi connectivity index (χ4n) is 2.10. The topological polar surface area (TPSA) is 52.3 Å². The van der Waals surface area contributed by atoms with Crippen LogP contribution < -0.4 is 5.73 Å². The molecule has 3 nitrogen and oxygen atoms in total. The first-order valence-electron chi connectivity index (χ1n) is 5.36. The number of rotatable bonds is 3. The van der Waals surface area contributed by atoms with Gasteiger partial charge in [-0.25, -0.2) is 0 Å². The molecule has 1 fully saturated rings. The summed E-state index contributed by atoms with van der Waals surface area (Å²) in [5.74, 6) is 0.715. The highest BCUT2D eigenvalue weighted by molar-refractivity contribution is 5.99. The normalized spacial score (nSPS) is 24.5. The maximum atomic E-state index is 12.1. The molecule has 2 N–H and O–H groups in total. The van der Waals surface area contributed by atoms with E-state index in [1.165, 1.54) is 0 Å². The molecule has 3 heteroatoms. The van der Waals surface area contributed by atoms with Crippen molar-refractivity contribution in [3.8, 4) is 0 Å². The van der Waals surface area contributed by atoms with E-state index in [2.05, 4.69) is 0 Å². The van der Waals surface area contributed by atoms with E-state index in [9.17, 15) is 4.79 Å². The highest BCUT2D eigenvalue weighted by Gasteiger charge is 2.44. The lowest BCUT2D eigenvalue weighted by molar-refractivity contribution is -0.132. The van der Waals surface area contributed by atoms with Crippen LogP contribution in [0.2, 0.25) is 0 Å². The summed E-state index contributed by atoms with van der Waals surface area (Å²) < 4.78 is 5.38. The van der Waals surface area contributed by atoms with Gasteiger partial charge in [-0.3, -0.25) is 4.79 Å². The van der Waals surface area contributed by atoms with Gasteiger partial charge in [-0.2, -0.15) is 0 Å². The van der Waals surface area contributed by atoms with Gasteiger partial charge in [0.15, 0.2) is 5.76 Å². The summed E-state index contributed by atoms with van der Waals surface area (Å²) in [6.07, 6.45) is 6.89. The molecule has 0 atom stereocenters. The zero-order valence-electron chi connectivity index (χ0n) is 8.42. The zero-order chi connectivity index (χ0) is 10.0. The summed E-state index contributed by atoms with van der Waals surface area (Å²) in [5, 5.41) is 0. The Morgan fingerprint density at radius 3 is 2.71 bits per heavy atom. The quantitative estimate of drug-likeness (QED) is 0.740. The molecule has 78 valence electrons. The van der Waals surface area contributed by atoms with Crippen LogP contribution in [0.1, 0.15) is 32.1 Å². The lowest BCUT2D eigenvalue weighted by Crippen LogP contribution is -2.45. The summed E-state index contributed by atoms with van der Waals surface area (Å²) in [5.41, 5.74) is 5.40. The van der Waals surface area contributed by atoms with Crippen molar-refractivity contribution in [3.63, 3.8) is 0 Å². The molecule has 0 unspecified atom stereocenters. The summed E-state index contributed by atoms with van der Waals surface area (Å²) >= 11 is 0. The maximum Gasteiger partial charge on any atom is 0.204 e. The van der Waals surface area contributed by atoms with Crippen molar-refractivity contribution in [2.45, 2.75) is 32.1 Å². The second kappa shape index (κ2) is 3.73. The van der Waals surface area contributed by atoms with Gasteiger partial charge in [-0.1, -0.05) is 6.42 Å². The first-order chi connectivity index (χ1) is 6.78. The van der Waals surface area contributed by atoms with Crippen LogP contribution in [-0.4, -0.2) is 18.9 Å². The Kier molecular flexibility index (Phi) is 2.59. The SMILES string of the molecule is NCC1(C(=O)C2=CCCCO2)CCC1. The van der Waals surface area contributed by atoms with Crippen LogP contribution in [0, 0.1) is 5.41 Å². The van der Waals surface area contributed by atoms with Gasteiger partial charge in [0.1, 0.15) is 0 Å². The number of hydrogen-bond acceptors (Lipinski definition) is 3. The van der Waals surface area contributed by atoms with Gasteiger partial charge < -0.3 is 10.5 Å². The minimum absolute atomic E-state index is 0.144. The second-order valence-electron chi connectivity index (χ2n) is 4.23. The lowest BCUT2D eigenvalue weighted by atomic mass is 9.65. The largest absolute Gasteiger partial charge is 0.490 e. The Hall–Kier alpha value is -0.830. The smallest absolute Gasteiger partial charge is 0.204 e. The fourth-order valence-corrected chi connectivity index (χ4v) is 2.10. The summed E-state index contributed by atoms with van der Waals surface area (Å²) in [6, 6.07) is 0. The molecule has 0 radical (unpaired) electrons. The molecule has 2 aliphatic rings. The molecule has 2 rings (SSSR count). The molecule has 0 aromatic heterocycles. The van der Waals surface area contributed by atoms with Crippen molar-refractivity contribution in [3.05, 3.63) is 11.8 Å². The molecule has 1 aliphatic carbocycles. The number of allylic oxidation sites excluding steroid dienone is 2. The van der Waals surface area contributed by atoms with Crippen molar-refractivity contribution in [2.75, 3.05) is 13.2 Å². The number of carbonyl (C=O) groups is 1. The first kappa shape index (κ1) is 9.71. The van der Waals surface area contributed by atoms with E-state index in [0.29, 0.717) is 18.9 Å². The van der Waals surface area contributed by atoms with Crippen molar-refractivity contribution in [2.24, 2.45) is 11.1 Å². The van der Waals surface area contributed by atoms with Crippen molar-refractivity contribution >= 4 is 5.78 Å². The number of carbonyl (C=O) groups excluding carboxylic acids is 1. The average Bonchev–Trinajstić information content (AvgIpc) is 2.18.